The first kappa shape index (κ1) is 13.3. The molecule has 1 heterocycles. The molecular weight excluding hydrogens is 269 g/mol. The average molecular weight is 281 g/mol. The molecule has 1 aromatic carbocycles. The summed E-state index contributed by atoms with van der Waals surface area (Å²) in [5.74, 6) is -0.678. The Morgan fingerprint density at radius 2 is 2.00 bits per heavy atom. The van der Waals surface area contributed by atoms with Gasteiger partial charge >= 0.3 is 0 Å². The topological polar surface area (TPSA) is 85.1 Å². The number of aryl methyl sites for hydroxylation is 1. The molecule has 0 aliphatic carbocycles. The normalized spacial score (nSPS) is 11.3. The van der Waals surface area contributed by atoms with Gasteiger partial charge in [-0.05, 0) is 36.8 Å². The highest BCUT2D eigenvalue weighted by Gasteiger charge is 2.15. The van der Waals surface area contributed by atoms with Crippen LogP contribution in [0.1, 0.15) is 5.56 Å². The van der Waals surface area contributed by atoms with Gasteiger partial charge in [-0.25, -0.2) is 13.4 Å². The lowest BCUT2D eigenvalue weighted by Crippen LogP contribution is -2.13. The van der Waals surface area contributed by atoms with Gasteiger partial charge in [0.25, 0.3) is 10.0 Å². The fraction of sp³-hybridized carbons (Fsp3) is 0.0833. The number of sulfonamides is 1. The number of benzene rings is 1. The van der Waals surface area contributed by atoms with E-state index in [4.69, 9.17) is 5.73 Å². The third-order valence-corrected chi connectivity index (χ3v) is 3.92. The molecule has 1 aromatic heterocycles. The summed E-state index contributed by atoms with van der Waals surface area (Å²) in [6.07, 6.45) is 1.10. The number of hydrogen-bond acceptors (Lipinski definition) is 4. The van der Waals surface area contributed by atoms with Crippen LogP contribution in [0, 0.1) is 12.9 Å². The summed E-state index contributed by atoms with van der Waals surface area (Å²) in [5.41, 5.74) is 7.04. The number of hydrogen-bond donors (Lipinski definition) is 2. The molecule has 2 aromatic rings. The number of nitrogens with zero attached hydrogens (tertiary/aromatic N) is 1. The highest BCUT2D eigenvalue weighted by atomic mass is 32.2. The zero-order valence-electron chi connectivity index (χ0n) is 10.1. The number of rotatable bonds is 3. The predicted molar refractivity (Wildman–Crippen MR) is 70.6 cm³/mol. The molecular formula is C12H12FN3O2S. The average Bonchev–Trinajstić information content (AvgIpc) is 2.35. The summed E-state index contributed by atoms with van der Waals surface area (Å²) in [5, 5.41) is 0. The fourth-order valence-corrected chi connectivity index (χ4v) is 2.51. The zero-order valence-corrected chi connectivity index (χ0v) is 10.9. The van der Waals surface area contributed by atoms with Crippen molar-refractivity contribution in [3.8, 4) is 0 Å². The van der Waals surface area contributed by atoms with E-state index in [1.165, 1.54) is 18.2 Å². The number of nitrogens with two attached hydrogens (primary N) is 1. The Hall–Kier alpha value is -2.15. The monoisotopic (exact) mass is 281 g/mol. The van der Waals surface area contributed by atoms with E-state index in [9.17, 15) is 12.8 Å². The van der Waals surface area contributed by atoms with E-state index in [1.54, 1.807) is 13.0 Å². The Bertz CT molecular complexity index is 699. The van der Waals surface area contributed by atoms with E-state index in [1.807, 2.05) is 0 Å². The first-order valence-electron chi connectivity index (χ1n) is 5.39. The van der Waals surface area contributed by atoms with Gasteiger partial charge in [-0.3, -0.25) is 4.72 Å². The third-order valence-electron chi connectivity index (χ3n) is 2.54. The summed E-state index contributed by atoms with van der Waals surface area (Å²) >= 11 is 0. The minimum absolute atomic E-state index is 0.0416. The van der Waals surface area contributed by atoms with E-state index in [-0.39, 0.29) is 10.6 Å². The van der Waals surface area contributed by atoms with Crippen molar-refractivity contribution in [2.45, 2.75) is 11.8 Å². The Morgan fingerprint density at radius 3 is 2.58 bits per heavy atom. The zero-order chi connectivity index (χ0) is 14.0. The number of anilines is 2. The maximum Gasteiger partial charge on any atom is 0.262 e. The number of halogens is 1. The summed E-state index contributed by atoms with van der Waals surface area (Å²) in [6.45, 7) is 1.78. The van der Waals surface area contributed by atoms with Crippen molar-refractivity contribution in [3.63, 3.8) is 0 Å². The van der Waals surface area contributed by atoms with Crippen LogP contribution in [0.5, 0.6) is 0 Å². The van der Waals surface area contributed by atoms with Gasteiger partial charge < -0.3 is 5.73 Å². The molecule has 0 fully saturated rings. The maximum atomic E-state index is 12.6. The van der Waals surface area contributed by atoms with Gasteiger partial charge in [-0.15, -0.1) is 0 Å². The molecule has 0 unspecified atom stereocenters. The Balaban J connectivity index is 2.32. The smallest absolute Gasteiger partial charge is 0.262 e. The lowest BCUT2D eigenvalue weighted by atomic mass is 10.2. The molecule has 0 spiro atoms. The summed E-state index contributed by atoms with van der Waals surface area (Å²) < 4.78 is 39.1. The molecule has 0 aliphatic rings. The molecule has 2 rings (SSSR count). The van der Waals surface area contributed by atoms with Gasteiger partial charge in [0.1, 0.15) is 0 Å². The van der Waals surface area contributed by atoms with Gasteiger partial charge in [0.2, 0.25) is 5.95 Å². The summed E-state index contributed by atoms with van der Waals surface area (Å²) in [4.78, 5) is 3.41. The highest BCUT2D eigenvalue weighted by Crippen LogP contribution is 2.19. The molecule has 0 saturated heterocycles. The summed E-state index contributed by atoms with van der Waals surface area (Å²) in [7, 11) is -3.76. The Labute approximate surface area is 110 Å². The maximum absolute atomic E-state index is 12.6. The van der Waals surface area contributed by atoms with Crippen molar-refractivity contribution in [1.82, 2.24) is 4.98 Å². The first-order chi connectivity index (χ1) is 8.88. The van der Waals surface area contributed by atoms with Gasteiger partial charge in [0.05, 0.1) is 16.8 Å². The molecule has 7 heteroatoms. The van der Waals surface area contributed by atoms with Gasteiger partial charge in [0.15, 0.2) is 0 Å². The van der Waals surface area contributed by atoms with E-state index in [2.05, 4.69) is 9.71 Å². The van der Waals surface area contributed by atoms with Crippen LogP contribution >= 0.6 is 0 Å². The van der Waals surface area contributed by atoms with Crippen LogP contribution in [0.15, 0.2) is 41.4 Å². The van der Waals surface area contributed by atoms with Crippen LogP contribution < -0.4 is 10.5 Å². The number of pyridine rings is 1. The van der Waals surface area contributed by atoms with Crippen molar-refractivity contribution in [3.05, 3.63) is 48.0 Å². The van der Waals surface area contributed by atoms with Crippen LogP contribution in [0.2, 0.25) is 0 Å². The molecule has 3 N–H and O–H groups in total. The lowest BCUT2D eigenvalue weighted by Gasteiger charge is -2.09. The van der Waals surface area contributed by atoms with Gasteiger partial charge in [0, 0.05) is 5.69 Å². The van der Waals surface area contributed by atoms with Gasteiger partial charge in [-0.1, -0.05) is 6.07 Å². The SMILES string of the molecule is Cc1ccc(S(=O)(=O)Nc2ccc(F)nc2)cc1N. The number of nitrogens with one attached hydrogen (secondary N) is 1. The standard InChI is InChI=1S/C12H12FN3O2S/c1-8-2-4-10(6-11(8)14)19(17,18)16-9-3-5-12(13)15-7-9/h2-7,16H,14H2,1H3. The van der Waals surface area contributed by atoms with Crippen molar-refractivity contribution in [1.29, 1.82) is 0 Å². The second kappa shape index (κ2) is 4.85. The van der Waals surface area contributed by atoms with Crippen molar-refractivity contribution >= 4 is 21.4 Å². The van der Waals surface area contributed by atoms with E-state index < -0.39 is 16.0 Å². The predicted octanol–water partition coefficient (Wildman–Crippen LogP) is 1.91. The van der Waals surface area contributed by atoms with Crippen molar-refractivity contribution < 1.29 is 12.8 Å². The minimum atomic E-state index is -3.76. The molecule has 0 bridgehead atoms. The molecule has 0 amide bonds. The van der Waals surface area contributed by atoms with E-state index >= 15 is 0 Å². The fourth-order valence-electron chi connectivity index (χ4n) is 1.44. The molecule has 0 atom stereocenters. The second-order valence-electron chi connectivity index (χ2n) is 3.99. The first-order valence-corrected chi connectivity index (χ1v) is 6.87. The van der Waals surface area contributed by atoms with E-state index in [0.29, 0.717) is 5.69 Å². The number of aromatic nitrogens is 1. The lowest BCUT2D eigenvalue weighted by molar-refractivity contribution is 0.583. The van der Waals surface area contributed by atoms with Gasteiger partial charge in [-0.2, -0.15) is 4.39 Å². The van der Waals surface area contributed by atoms with Crippen molar-refractivity contribution in [2.24, 2.45) is 0 Å². The van der Waals surface area contributed by atoms with Crippen LogP contribution in [-0.2, 0) is 10.0 Å². The Kier molecular flexibility index (Phi) is 3.39. The largest absolute Gasteiger partial charge is 0.398 e. The van der Waals surface area contributed by atoms with Crippen LogP contribution in [0.3, 0.4) is 0 Å². The third kappa shape index (κ3) is 3.00. The summed E-state index contributed by atoms with van der Waals surface area (Å²) in [6, 6.07) is 6.80. The van der Waals surface area contributed by atoms with Crippen LogP contribution in [0.25, 0.3) is 0 Å². The van der Waals surface area contributed by atoms with Crippen LogP contribution in [-0.4, -0.2) is 13.4 Å². The molecule has 0 aliphatic heterocycles. The van der Waals surface area contributed by atoms with Crippen LogP contribution in [0.4, 0.5) is 15.8 Å². The van der Waals surface area contributed by atoms with E-state index in [0.717, 1.165) is 17.8 Å². The number of nitrogen functional groups attached to an aromatic ring is 1. The molecule has 0 radical (unpaired) electrons. The molecule has 0 saturated carbocycles. The molecule has 100 valence electrons. The highest BCUT2D eigenvalue weighted by molar-refractivity contribution is 7.92. The Morgan fingerprint density at radius 1 is 1.26 bits per heavy atom. The second-order valence-corrected chi connectivity index (χ2v) is 5.68. The minimum Gasteiger partial charge on any atom is -0.398 e. The quantitative estimate of drug-likeness (QED) is 0.665. The van der Waals surface area contributed by atoms with Crippen molar-refractivity contribution in [2.75, 3.05) is 10.5 Å². The molecule has 19 heavy (non-hydrogen) atoms. The molecule has 5 nitrogen and oxygen atoms in total.